The Labute approximate surface area is 184 Å². The summed E-state index contributed by atoms with van der Waals surface area (Å²) >= 11 is 0. The Kier molecular flexibility index (Phi) is 7.47. The summed E-state index contributed by atoms with van der Waals surface area (Å²) in [4.78, 5) is 27.0. The molecule has 1 N–H and O–H groups in total. The van der Waals surface area contributed by atoms with Crippen LogP contribution in [-0.2, 0) is 17.5 Å². The topological polar surface area (TPSA) is 78.7 Å². The number of anilines is 1. The van der Waals surface area contributed by atoms with E-state index < -0.39 is 16.7 Å². The van der Waals surface area contributed by atoms with E-state index >= 15 is 0 Å². The van der Waals surface area contributed by atoms with Gasteiger partial charge in [0.2, 0.25) is 5.91 Å². The van der Waals surface area contributed by atoms with Crippen molar-refractivity contribution in [3.63, 3.8) is 0 Å². The molecule has 2 aromatic carbocycles. The highest BCUT2D eigenvalue weighted by molar-refractivity contribution is 5.91. The van der Waals surface area contributed by atoms with Gasteiger partial charge in [0.1, 0.15) is 0 Å². The number of carbonyl (C=O) groups excluding carboxylic acids is 1. The van der Waals surface area contributed by atoms with Crippen LogP contribution in [0, 0.1) is 17.0 Å². The molecule has 0 spiro atoms. The van der Waals surface area contributed by atoms with Crippen LogP contribution in [0.3, 0.4) is 0 Å². The highest BCUT2D eigenvalue weighted by atomic mass is 19.4. The first-order valence-electron chi connectivity index (χ1n) is 10.3. The quantitative estimate of drug-likeness (QED) is 0.508. The Morgan fingerprint density at radius 2 is 1.69 bits per heavy atom. The largest absolute Gasteiger partial charge is 0.416 e. The van der Waals surface area contributed by atoms with Crippen molar-refractivity contribution in [3.05, 3.63) is 69.3 Å². The smallest absolute Gasteiger partial charge is 0.326 e. The molecule has 172 valence electrons. The number of non-ortho nitro benzene ring substituents is 1. The summed E-state index contributed by atoms with van der Waals surface area (Å²) in [7, 11) is 0. The van der Waals surface area contributed by atoms with Crippen molar-refractivity contribution in [1.82, 2.24) is 9.80 Å². The lowest BCUT2D eigenvalue weighted by molar-refractivity contribution is -0.384. The van der Waals surface area contributed by atoms with Gasteiger partial charge in [0.25, 0.3) is 5.69 Å². The fourth-order valence-corrected chi connectivity index (χ4v) is 3.60. The molecule has 7 nitrogen and oxygen atoms in total. The average molecular weight is 450 g/mol. The van der Waals surface area contributed by atoms with Crippen LogP contribution < -0.4 is 5.32 Å². The maximum absolute atomic E-state index is 12.7. The van der Waals surface area contributed by atoms with Crippen molar-refractivity contribution >= 4 is 17.3 Å². The number of hydrogen-bond acceptors (Lipinski definition) is 5. The van der Waals surface area contributed by atoms with E-state index in [-0.39, 0.29) is 11.6 Å². The Balaban J connectivity index is 1.40. The molecule has 0 unspecified atom stereocenters. The number of piperazine rings is 1. The molecular formula is C22H25F3N4O3. The third-order valence-corrected chi connectivity index (χ3v) is 5.50. The van der Waals surface area contributed by atoms with Gasteiger partial charge in [0.15, 0.2) is 0 Å². The van der Waals surface area contributed by atoms with Crippen molar-refractivity contribution in [2.75, 3.05) is 38.0 Å². The molecule has 0 radical (unpaired) electrons. The van der Waals surface area contributed by atoms with E-state index in [9.17, 15) is 28.1 Å². The summed E-state index contributed by atoms with van der Waals surface area (Å²) in [6.45, 7) is 5.96. The molecule has 1 saturated heterocycles. The molecule has 2 aromatic rings. The summed E-state index contributed by atoms with van der Waals surface area (Å²) in [6, 6.07) is 9.56. The first kappa shape index (κ1) is 23.7. The number of hydrogen-bond donors (Lipinski definition) is 1. The number of halogens is 3. The summed E-state index contributed by atoms with van der Waals surface area (Å²) in [6.07, 6.45) is -4.02. The molecule has 32 heavy (non-hydrogen) atoms. The third kappa shape index (κ3) is 6.51. The van der Waals surface area contributed by atoms with E-state index in [1.807, 2.05) is 0 Å². The van der Waals surface area contributed by atoms with Crippen molar-refractivity contribution in [1.29, 1.82) is 0 Å². The molecule has 1 aliphatic heterocycles. The molecule has 0 aromatic heterocycles. The molecule has 1 aliphatic rings. The first-order valence-corrected chi connectivity index (χ1v) is 10.3. The average Bonchev–Trinajstić information content (AvgIpc) is 2.74. The maximum atomic E-state index is 12.7. The van der Waals surface area contributed by atoms with Gasteiger partial charge in [-0.25, -0.2) is 0 Å². The molecule has 0 saturated carbocycles. The minimum atomic E-state index is -4.33. The van der Waals surface area contributed by atoms with Gasteiger partial charge in [-0.1, -0.05) is 12.1 Å². The highest BCUT2D eigenvalue weighted by Gasteiger charge is 2.30. The van der Waals surface area contributed by atoms with Gasteiger partial charge >= 0.3 is 6.18 Å². The van der Waals surface area contributed by atoms with Crippen molar-refractivity contribution < 1.29 is 22.9 Å². The second-order valence-electron chi connectivity index (χ2n) is 7.87. The first-order chi connectivity index (χ1) is 15.1. The van der Waals surface area contributed by atoms with Crippen LogP contribution in [0.4, 0.5) is 24.5 Å². The van der Waals surface area contributed by atoms with Crippen LogP contribution in [0.25, 0.3) is 0 Å². The van der Waals surface area contributed by atoms with Crippen LogP contribution in [0.5, 0.6) is 0 Å². The van der Waals surface area contributed by atoms with E-state index in [0.717, 1.165) is 43.9 Å². The zero-order valence-electron chi connectivity index (χ0n) is 17.7. The van der Waals surface area contributed by atoms with E-state index in [1.165, 1.54) is 30.3 Å². The summed E-state index contributed by atoms with van der Waals surface area (Å²) in [5.74, 6) is -0.158. The van der Waals surface area contributed by atoms with Gasteiger partial charge in [-0.05, 0) is 36.2 Å². The zero-order chi connectivity index (χ0) is 23.3. The molecule has 1 amide bonds. The standard InChI is InChI=1S/C22H25F3N4O3/c1-16-14-19(29(31)32)6-7-20(16)26-21(30)8-9-27-10-12-28(13-11-27)15-17-2-4-18(5-3-17)22(23,24)25/h2-7,14H,8-13,15H2,1H3,(H,26,30). The fraction of sp³-hybridized carbons (Fsp3) is 0.409. The zero-order valence-corrected chi connectivity index (χ0v) is 17.7. The molecule has 0 bridgehead atoms. The molecule has 1 fully saturated rings. The Bertz CT molecular complexity index is 956. The van der Waals surface area contributed by atoms with E-state index in [0.29, 0.717) is 30.8 Å². The highest BCUT2D eigenvalue weighted by Crippen LogP contribution is 2.29. The normalized spacial score (nSPS) is 15.5. The van der Waals surface area contributed by atoms with Crippen molar-refractivity contribution in [2.45, 2.75) is 26.1 Å². The van der Waals surface area contributed by atoms with Crippen molar-refractivity contribution in [2.24, 2.45) is 0 Å². The third-order valence-electron chi connectivity index (χ3n) is 5.50. The molecule has 0 aliphatic carbocycles. The molecular weight excluding hydrogens is 425 g/mol. The SMILES string of the molecule is Cc1cc([N+](=O)[O-])ccc1NC(=O)CCN1CCN(Cc2ccc(C(F)(F)F)cc2)CC1. The summed E-state index contributed by atoms with van der Waals surface area (Å²) in [5, 5.41) is 13.6. The maximum Gasteiger partial charge on any atom is 0.416 e. The van der Waals surface area contributed by atoms with E-state index in [4.69, 9.17) is 0 Å². The summed E-state index contributed by atoms with van der Waals surface area (Å²) in [5.41, 5.74) is 1.36. The Hall–Kier alpha value is -2.98. The van der Waals surface area contributed by atoms with Gasteiger partial charge < -0.3 is 10.2 Å². The Morgan fingerprint density at radius 1 is 1.06 bits per heavy atom. The minimum Gasteiger partial charge on any atom is -0.326 e. The van der Waals surface area contributed by atoms with Crippen LogP contribution >= 0.6 is 0 Å². The molecule has 0 atom stereocenters. The lowest BCUT2D eigenvalue weighted by atomic mass is 10.1. The lowest BCUT2D eigenvalue weighted by Gasteiger charge is -2.34. The Morgan fingerprint density at radius 3 is 2.25 bits per heavy atom. The number of amides is 1. The number of rotatable bonds is 7. The number of nitrogens with one attached hydrogen (secondary N) is 1. The van der Waals surface area contributed by atoms with Gasteiger partial charge in [-0.15, -0.1) is 0 Å². The number of nitrogens with zero attached hydrogens (tertiary/aromatic N) is 3. The van der Waals surface area contributed by atoms with E-state index in [1.54, 1.807) is 6.92 Å². The second-order valence-corrected chi connectivity index (χ2v) is 7.87. The predicted octanol–water partition coefficient (Wildman–Crippen LogP) is 4.07. The van der Waals surface area contributed by atoms with Crippen molar-refractivity contribution in [3.8, 4) is 0 Å². The number of alkyl halides is 3. The number of nitro groups is 1. The van der Waals surface area contributed by atoms with E-state index in [2.05, 4.69) is 15.1 Å². The monoisotopic (exact) mass is 450 g/mol. The lowest BCUT2D eigenvalue weighted by Crippen LogP contribution is -2.46. The number of carbonyl (C=O) groups is 1. The predicted molar refractivity (Wildman–Crippen MR) is 114 cm³/mol. The molecule has 3 rings (SSSR count). The number of nitro benzene ring substituents is 1. The van der Waals surface area contributed by atoms with Crippen LogP contribution in [0.15, 0.2) is 42.5 Å². The minimum absolute atomic E-state index is 0.0188. The fourth-order valence-electron chi connectivity index (χ4n) is 3.60. The van der Waals surface area contributed by atoms with Gasteiger partial charge in [-0.2, -0.15) is 13.2 Å². The number of benzene rings is 2. The number of aryl methyl sites for hydroxylation is 1. The van der Waals surface area contributed by atoms with Crippen LogP contribution in [0.1, 0.15) is 23.1 Å². The van der Waals surface area contributed by atoms with Crippen LogP contribution in [-0.4, -0.2) is 53.4 Å². The molecule has 10 heteroatoms. The molecule has 1 heterocycles. The van der Waals surface area contributed by atoms with Gasteiger partial charge in [0, 0.05) is 63.5 Å². The summed E-state index contributed by atoms with van der Waals surface area (Å²) < 4.78 is 38.0. The van der Waals surface area contributed by atoms with Gasteiger partial charge in [-0.3, -0.25) is 19.8 Å². The van der Waals surface area contributed by atoms with Crippen LogP contribution in [0.2, 0.25) is 0 Å². The van der Waals surface area contributed by atoms with Gasteiger partial charge in [0.05, 0.1) is 10.5 Å². The second kappa shape index (κ2) is 10.1.